The lowest BCUT2D eigenvalue weighted by atomic mass is 10.4. The lowest BCUT2D eigenvalue weighted by molar-refractivity contribution is 0.0585. The average molecular weight is 185 g/mol. The third kappa shape index (κ3) is 2.51. The Labute approximate surface area is 75.2 Å². The average Bonchev–Trinajstić information content (AvgIpc) is 2.50. The zero-order valence-electron chi connectivity index (χ0n) is 7.47. The Morgan fingerprint density at radius 1 is 1.85 bits per heavy atom. The van der Waals surface area contributed by atoms with E-state index in [0.29, 0.717) is 6.54 Å². The first kappa shape index (κ1) is 9.66. The molecule has 1 unspecified atom stereocenters. The van der Waals surface area contributed by atoms with Crippen LogP contribution in [0.2, 0.25) is 0 Å². The third-order valence-electron chi connectivity index (χ3n) is 1.36. The van der Waals surface area contributed by atoms with Crippen LogP contribution in [-0.4, -0.2) is 39.1 Å². The summed E-state index contributed by atoms with van der Waals surface area (Å²) in [6.45, 7) is 1.93. The lowest BCUT2D eigenvalue weighted by Gasteiger charge is -2.01. The van der Waals surface area contributed by atoms with E-state index < -0.39 is 12.1 Å². The van der Waals surface area contributed by atoms with Gasteiger partial charge in [-0.1, -0.05) is 0 Å². The molecule has 0 saturated heterocycles. The predicted molar refractivity (Wildman–Crippen MR) is 43.0 cm³/mol. The fourth-order valence-electron chi connectivity index (χ4n) is 0.838. The standard InChI is InChI=1S/C7H11N3O3/c1-5(11)3-10-4-8-6(9-10)7(12)13-2/h4-5,11H,3H2,1-2H3. The highest BCUT2D eigenvalue weighted by Gasteiger charge is 2.11. The second kappa shape index (κ2) is 3.99. The van der Waals surface area contributed by atoms with Crippen LogP contribution in [-0.2, 0) is 11.3 Å². The Morgan fingerprint density at radius 2 is 2.54 bits per heavy atom. The molecule has 0 fully saturated rings. The van der Waals surface area contributed by atoms with E-state index in [9.17, 15) is 4.79 Å². The van der Waals surface area contributed by atoms with Gasteiger partial charge in [0.15, 0.2) is 0 Å². The molecule has 1 atom stereocenters. The largest absolute Gasteiger partial charge is 0.463 e. The van der Waals surface area contributed by atoms with E-state index in [1.807, 2.05) is 0 Å². The zero-order valence-corrected chi connectivity index (χ0v) is 7.47. The van der Waals surface area contributed by atoms with E-state index in [-0.39, 0.29) is 5.82 Å². The molecule has 13 heavy (non-hydrogen) atoms. The maximum Gasteiger partial charge on any atom is 0.377 e. The summed E-state index contributed by atoms with van der Waals surface area (Å²) in [6, 6.07) is 0. The Balaban J connectivity index is 2.69. The van der Waals surface area contributed by atoms with Gasteiger partial charge in [0.05, 0.1) is 19.8 Å². The molecule has 0 radical (unpaired) electrons. The summed E-state index contributed by atoms with van der Waals surface area (Å²) in [6.07, 6.45) is 0.853. The van der Waals surface area contributed by atoms with Crippen LogP contribution in [0.15, 0.2) is 6.33 Å². The van der Waals surface area contributed by atoms with Crippen molar-refractivity contribution in [2.24, 2.45) is 0 Å². The number of hydrogen-bond acceptors (Lipinski definition) is 5. The van der Waals surface area contributed by atoms with Crippen LogP contribution in [0.3, 0.4) is 0 Å². The van der Waals surface area contributed by atoms with E-state index in [1.54, 1.807) is 6.92 Å². The predicted octanol–water partition coefficient (Wildman–Crippen LogP) is -0.554. The molecule has 0 bridgehead atoms. The molecular weight excluding hydrogens is 174 g/mol. The molecule has 6 nitrogen and oxygen atoms in total. The fourth-order valence-corrected chi connectivity index (χ4v) is 0.838. The topological polar surface area (TPSA) is 77.2 Å². The maximum absolute atomic E-state index is 10.9. The highest BCUT2D eigenvalue weighted by atomic mass is 16.5. The number of rotatable bonds is 3. The number of methoxy groups -OCH3 is 1. The van der Waals surface area contributed by atoms with Crippen molar-refractivity contribution in [1.82, 2.24) is 14.8 Å². The number of nitrogens with zero attached hydrogens (tertiary/aromatic N) is 3. The van der Waals surface area contributed by atoms with Gasteiger partial charge in [-0.2, -0.15) is 0 Å². The summed E-state index contributed by atoms with van der Waals surface area (Å²) >= 11 is 0. The van der Waals surface area contributed by atoms with Gasteiger partial charge in [-0.3, -0.25) is 0 Å². The number of aliphatic hydroxyl groups excluding tert-OH is 1. The number of hydrogen-bond donors (Lipinski definition) is 1. The van der Waals surface area contributed by atoms with Gasteiger partial charge in [-0.05, 0) is 6.92 Å². The van der Waals surface area contributed by atoms with Gasteiger partial charge in [0.2, 0.25) is 0 Å². The molecule has 72 valence electrons. The second-order valence-electron chi connectivity index (χ2n) is 2.63. The minimum atomic E-state index is -0.579. The number of carbonyl (C=O) groups is 1. The number of esters is 1. The van der Waals surface area contributed by atoms with Gasteiger partial charge >= 0.3 is 5.97 Å². The highest BCUT2D eigenvalue weighted by Crippen LogP contribution is 1.94. The van der Waals surface area contributed by atoms with Crippen molar-refractivity contribution in [3.05, 3.63) is 12.2 Å². The van der Waals surface area contributed by atoms with Gasteiger partial charge in [-0.15, -0.1) is 5.10 Å². The van der Waals surface area contributed by atoms with E-state index in [2.05, 4.69) is 14.8 Å². The van der Waals surface area contributed by atoms with Crippen LogP contribution in [0, 0.1) is 0 Å². The Hall–Kier alpha value is -1.43. The van der Waals surface area contributed by atoms with Crippen molar-refractivity contribution >= 4 is 5.97 Å². The lowest BCUT2D eigenvalue weighted by Crippen LogP contribution is -2.13. The minimum absolute atomic E-state index is 0.00292. The summed E-state index contributed by atoms with van der Waals surface area (Å²) in [5, 5.41) is 12.8. The van der Waals surface area contributed by atoms with Gasteiger partial charge in [0.1, 0.15) is 6.33 Å². The molecule has 0 aliphatic heterocycles. The first-order valence-electron chi connectivity index (χ1n) is 3.79. The van der Waals surface area contributed by atoms with Gasteiger partial charge < -0.3 is 9.84 Å². The van der Waals surface area contributed by atoms with E-state index in [1.165, 1.54) is 18.1 Å². The van der Waals surface area contributed by atoms with E-state index >= 15 is 0 Å². The summed E-state index contributed by atoms with van der Waals surface area (Å²) in [7, 11) is 1.26. The summed E-state index contributed by atoms with van der Waals surface area (Å²) in [4.78, 5) is 14.6. The molecular formula is C7H11N3O3. The van der Waals surface area contributed by atoms with Gasteiger partial charge in [0, 0.05) is 0 Å². The van der Waals surface area contributed by atoms with Crippen LogP contribution in [0.25, 0.3) is 0 Å². The van der Waals surface area contributed by atoms with Crippen molar-refractivity contribution in [3.63, 3.8) is 0 Å². The van der Waals surface area contributed by atoms with Crippen LogP contribution >= 0.6 is 0 Å². The normalized spacial score (nSPS) is 12.5. The van der Waals surface area contributed by atoms with Gasteiger partial charge in [-0.25, -0.2) is 14.5 Å². The van der Waals surface area contributed by atoms with Crippen LogP contribution in [0.5, 0.6) is 0 Å². The summed E-state index contributed by atoms with van der Waals surface area (Å²) < 4.78 is 5.80. The molecule has 1 aromatic heterocycles. The van der Waals surface area contributed by atoms with E-state index in [0.717, 1.165) is 0 Å². The first-order valence-corrected chi connectivity index (χ1v) is 3.79. The molecule has 0 amide bonds. The number of aliphatic hydroxyl groups is 1. The SMILES string of the molecule is COC(=O)c1ncn(CC(C)O)n1. The summed E-state index contributed by atoms with van der Waals surface area (Å²) in [5.41, 5.74) is 0. The van der Waals surface area contributed by atoms with Crippen molar-refractivity contribution in [1.29, 1.82) is 0 Å². The molecule has 1 heterocycles. The van der Waals surface area contributed by atoms with Crippen molar-refractivity contribution in [3.8, 4) is 0 Å². The Kier molecular flexibility index (Phi) is 2.97. The summed E-state index contributed by atoms with van der Waals surface area (Å²) in [5.74, 6) is -0.576. The van der Waals surface area contributed by atoms with Crippen LogP contribution in [0.1, 0.15) is 17.5 Å². The molecule has 1 aromatic rings. The van der Waals surface area contributed by atoms with Crippen molar-refractivity contribution in [2.45, 2.75) is 19.6 Å². The molecule has 1 N–H and O–H groups in total. The Bertz CT molecular complexity index is 295. The quantitative estimate of drug-likeness (QED) is 0.639. The molecule has 0 aliphatic rings. The molecule has 0 aromatic carbocycles. The van der Waals surface area contributed by atoms with Crippen LogP contribution < -0.4 is 0 Å². The zero-order chi connectivity index (χ0) is 9.84. The maximum atomic E-state index is 10.9. The van der Waals surface area contributed by atoms with Gasteiger partial charge in [0.25, 0.3) is 5.82 Å². The first-order chi connectivity index (χ1) is 6.13. The molecule has 1 rings (SSSR count). The fraction of sp³-hybridized carbons (Fsp3) is 0.571. The third-order valence-corrected chi connectivity index (χ3v) is 1.36. The monoisotopic (exact) mass is 185 g/mol. The number of aromatic nitrogens is 3. The highest BCUT2D eigenvalue weighted by molar-refractivity contribution is 5.84. The molecule has 6 heteroatoms. The number of carbonyl (C=O) groups excluding carboxylic acids is 1. The molecule has 0 spiro atoms. The van der Waals surface area contributed by atoms with Crippen molar-refractivity contribution in [2.75, 3.05) is 7.11 Å². The smallest absolute Gasteiger partial charge is 0.377 e. The molecule has 0 saturated carbocycles. The second-order valence-corrected chi connectivity index (χ2v) is 2.63. The molecule has 0 aliphatic carbocycles. The Morgan fingerprint density at radius 3 is 3.08 bits per heavy atom. The van der Waals surface area contributed by atoms with E-state index in [4.69, 9.17) is 5.11 Å². The minimum Gasteiger partial charge on any atom is -0.463 e. The number of ether oxygens (including phenoxy) is 1. The van der Waals surface area contributed by atoms with Crippen molar-refractivity contribution < 1.29 is 14.6 Å². The van der Waals surface area contributed by atoms with Crippen LogP contribution in [0.4, 0.5) is 0 Å².